The Morgan fingerprint density at radius 3 is 2.42 bits per heavy atom. The number of ether oxygens (including phenoxy) is 3. The van der Waals surface area contributed by atoms with Gasteiger partial charge in [0.1, 0.15) is 12.4 Å². The normalized spacial score (nSPS) is 13.5. The monoisotopic (exact) mass is 459 g/mol. The van der Waals surface area contributed by atoms with E-state index in [0.29, 0.717) is 23.7 Å². The highest BCUT2D eigenvalue weighted by Gasteiger charge is 2.31. The highest BCUT2D eigenvalue weighted by molar-refractivity contribution is 5.67. The summed E-state index contributed by atoms with van der Waals surface area (Å²) in [6, 6.07) is 9.13. The Bertz CT molecular complexity index is 1140. The number of aromatic nitrogens is 2. The van der Waals surface area contributed by atoms with Gasteiger partial charge in [-0.15, -0.1) is 13.2 Å². The number of hydrogen-bond acceptors (Lipinski definition) is 6. The first-order valence-electron chi connectivity index (χ1n) is 9.93. The number of benzene rings is 2. The smallest absolute Gasteiger partial charge is 0.493 e. The van der Waals surface area contributed by atoms with Gasteiger partial charge in [-0.2, -0.15) is 5.10 Å². The van der Waals surface area contributed by atoms with Crippen molar-refractivity contribution in [3.63, 3.8) is 0 Å². The second kappa shape index (κ2) is 8.97. The van der Waals surface area contributed by atoms with Gasteiger partial charge in [-0.3, -0.25) is 4.68 Å². The summed E-state index contributed by atoms with van der Waals surface area (Å²) >= 11 is 0. The zero-order valence-corrected chi connectivity index (χ0v) is 18.0. The molecule has 1 aliphatic rings. The second-order valence-corrected chi connectivity index (χ2v) is 7.36. The van der Waals surface area contributed by atoms with Crippen molar-refractivity contribution in [3.05, 3.63) is 79.2 Å². The predicted octanol–water partition coefficient (Wildman–Crippen LogP) is 4.84. The summed E-state index contributed by atoms with van der Waals surface area (Å²) in [7, 11) is 3.39. The molecule has 2 aromatic carbocycles. The fourth-order valence-electron chi connectivity index (χ4n) is 3.38. The number of hydrogen-bond donors (Lipinski definition) is 0. The molecule has 7 nitrogen and oxygen atoms in total. The number of alkyl halides is 3. The first-order valence-corrected chi connectivity index (χ1v) is 9.93. The summed E-state index contributed by atoms with van der Waals surface area (Å²) in [4.78, 5) is 4.06. The maximum atomic E-state index is 12.3. The maximum Gasteiger partial charge on any atom is 0.573 e. The van der Waals surface area contributed by atoms with E-state index in [-0.39, 0.29) is 12.4 Å². The molecule has 10 heteroatoms. The van der Waals surface area contributed by atoms with Gasteiger partial charge in [-0.1, -0.05) is 12.1 Å². The largest absolute Gasteiger partial charge is 0.573 e. The van der Waals surface area contributed by atoms with E-state index in [2.05, 4.69) is 16.8 Å². The minimum atomic E-state index is -4.73. The lowest BCUT2D eigenvalue weighted by molar-refractivity contribution is -0.274. The Balaban J connectivity index is 1.47. The fourth-order valence-corrected chi connectivity index (χ4v) is 3.38. The number of nitrogens with zero attached hydrogens (tertiary/aromatic N) is 4. The molecule has 0 spiro atoms. The molecule has 0 amide bonds. The molecule has 1 aromatic heterocycles. The lowest BCUT2D eigenvalue weighted by atomic mass is 10.1. The van der Waals surface area contributed by atoms with Crippen molar-refractivity contribution in [2.45, 2.75) is 13.0 Å². The van der Waals surface area contributed by atoms with E-state index in [1.54, 1.807) is 16.9 Å². The van der Waals surface area contributed by atoms with Crippen LogP contribution < -0.4 is 24.0 Å². The number of halogens is 3. The third-order valence-corrected chi connectivity index (χ3v) is 4.98. The van der Waals surface area contributed by atoms with Crippen molar-refractivity contribution in [1.82, 2.24) is 9.78 Å². The molecule has 3 aromatic rings. The standard InChI is InChI=1S/C23H22F3N4O3/c1-16-10-21(31-3)22(32-14-17-4-6-19(7-5-17)33-23(24,25)26)11-20(16)30-9-8-29(15-30)18-12-27-28(2)13-18/h4-13H,1,14-15H2,2-3H3. The molecule has 0 unspecified atom stereocenters. The van der Waals surface area contributed by atoms with Crippen LogP contribution in [0.25, 0.3) is 0 Å². The molecule has 0 atom stereocenters. The van der Waals surface area contributed by atoms with Gasteiger partial charge in [0, 0.05) is 37.4 Å². The van der Waals surface area contributed by atoms with Gasteiger partial charge in [0.2, 0.25) is 0 Å². The van der Waals surface area contributed by atoms with Crippen LogP contribution in [0.4, 0.5) is 24.5 Å². The van der Waals surface area contributed by atoms with Crippen LogP contribution in [-0.2, 0) is 13.7 Å². The average Bonchev–Trinajstić information content (AvgIpc) is 3.41. The molecule has 1 radical (unpaired) electrons. The van der Waals surface area contributed by atoms with Crippen LogP contribution in [0.3, 0.4) is 0 Å². The summed E-state index contributed by atoms with van der Waals surface area (Å²) < 4.78 is 54.0. The highest BCUT2D eigenvalue weighted by Crippen LogP contribution is 2.37. The van der Waals surface area contributed by atoms with Crippen LogP contribution in [0, 0.1) is 6.92 Å². The van der Waals surface area contributed by atoms with Crippen LogP contribution >= 0.6 is 0 Å². The summed E-state index contributed by atoms with van der Waals surface area (Å²) in [5.74, 6) is 0.711. The first kappa shape index (κ1) is 22.4. The van der Waals surface area contributed by atoms with Crippen molar-refractivity contribution < 1.29 is 27.4 Å². The van der Waals surface area contributed by atoms with Crippen molar-refractivity contribution in [3.8, 4) is 17.2 Å². The van der Waals surface area contributed by atoms with Gasteiger partial charge in [-0.05, 0) is 36.2 Å². The van der Waals surface area contributed by atoms with E-state index in [0.717, 1.165) is 16.9 Å². The zero-order chi connectivity index (χ0) is 23.6. The Morgan fingerprint density at radius 2 is 1.79 bits per heavy atom. The van der Waals surface area contributed by atoms with Crippen molar-refractivity contribution in [2.75, 3.05) is 23.6 Å². The molecule has 0 aliphatic carbocycles. The summed E-state index contributed by atoms with van der Waals surface area (Å²) in [5, 5.41) is 4.20. The number of rotatable bonds is 7. The maximum absolute atomic E-state index is 12.3. The molecule has 4 rings (SSSR count). The minimum absolute atomic E-state index is 0.135. The summed E-state index contributed by atoms with van der Waals surface area (Å²) in [5.41, 5.74) is 3.23. The highest BCUT2D eigenvalue weighted by atomic mass is 19.4. The topological polar surface area (TPSA) is 52.0 Å². The minimum Gasteiger partial charge on any atom is -0.493 e. The lowest BCUT2D eigenvalue weighted by Crippen LogP contribution is -2.25. The average molecular weight is 459 g/mol. The molecule has 0 N–H and O–H groups in total. The molecule has 0 saturated carbocycles. The number of aryl methyl sites for hydroxylation is 1. The van der Waals surface area contributed by atoms with Crippen molar-refractivity contribution in [2.24, 2.45) is 7.05 Å². The fraction of sp³-hybridized carbons (Fsp3) is 0.217. The van der Waals surface area contributed by atoms with Crippen molar-refractivity contribution >= 4 is 11.4 Å². The van der Waals surface area contributed by atoms with E-state index >= 15 is 0 Å². The Hall–Kier alpha value is -3.82. The Kier molecular flexibility index (Phi) is 6.08. The molecule has 33 heavy (non-hydrogen) atoms. The van der Waals surface area contributed by atoms with Gasteiger partial charge in [0.25, 0.3) is 0 Å². The molecule has 173 valence electrons. The van der Waals surface area contributed by atoms with Gasteiger partial charge in [-0.25, -0.2) is 0 Å². The van der Waals surface area contributed by atoms with E-state index in [9.17, 15) is 13.2 Å². The molecular formula is C23H22F3N4O3. The van der Waals surface area contributed by atoms with Crippen LogP contribution in [0.15, 0.2) is 61.2 Å². The number of anilines is 2. The van der Waals surface area contributed by atoms with E-state index in [1.807, 2.05) is 41.5 Å². The van der Waals surface area contributed by atoms with Crippen LogP contribution in [0.1, 0.15) is 11.1 Å². The van der Waals surface area contributed by atoms with Crippen LogP contribution in [0.5, 0.6) is 17.2 Å². The summed E-state index contributed by atoms with van der Waals surface area (Å²) in [6.45, 7) is 4.83. The molecule has 0 bridgehead atoms. The van der Waals surface area contributed by atoms with Crippen LogP contribution in [0.2, 0.25) is 0 Å². The van der Waals surface area contributed by atoms with Gasteiger partial charge >= 0.3 is 6.36 Å². The predicted molar refractivity (Wildman–Crippen MR) is 117 cm³/mol. The zero-order valence-electron chi connectivity index (χ0n) is 18.0. The molecule has 2 heterocycles. The van der Waals surface area contributed by atoms with E-state index in [4.69, 9.17) is 9.47 Å². The molecule has 0 fully saturated rings. The Morgan fingerprint density at radius 1 is 1.06 bits per heavy atom. The molecule has 1 aliphatic heterocycles. The van der Waals surface area contributed by atoms with E-state index < -0.39 is 6.36 Å². The summed E-state index contributed by atoms with van der Waals surface area (Å²) in [6.07, 6.45) is 2.87. The SMILES string of the molecule is [CH2]c1cc(OC)c(OCc2ccc(OC(F)(F)F)cc2)cc1N1C=CN(c2cnn(C)c2)C1. The molecule has 0 saturated heterocycles. The van der Waals surface area contributed by atoms with Gasteiger partial charge in [0.15, 0.2) is 11.5 Å². The lowest BCUT2D eigenvalue weighted by Gasteiger charge is -2.23. The van der Waals surface area contributed by atoms with Crippen molar-refractivity contribution in [1.29, 1.82) is 0 Å². The van der Waals surface area contributed by atoms with Crippen LogP contribution in [-0.4, -0.2) is 29.9 Å². The quantitative estimate of drug-likeness (QED) is 0.504. The first-order chi connectivity index (χ1) is 15.7. The number of methoxy groups -OCH3 is 1. The van der Waals surface area contributed by atoms with Gasteiger partial charge < -0.3 is 24.0 Å². The van der Waals surface area contributed by atoms with E-state index in [1.165, 1.54) is 31.4 Å². The second-order valence-electron chi connectivity index (χ2n) is 7.36. The third kappa shape index (κ3) is 5.33. The third-order valence-electron chi connectivity index (χ3n) is 4.98. The Labute approximate surface area is 189 Å². The molecular weight excluding hydrogens is 437 g/mol. The van der Waals surface area contributed by atoms with Gasteiger partial charge in [0.05, 0.1) is 25.7 Å².